The fourth-order valence-corrected chi connectivity index (χ4v) is 3.87. The molecule has 1 aromatic carbocycles. The monoisotopic (exact) mass is 414 g/mol. The van der Waals surface area contributed by atoms with Crippen molar-refractivity contribution in [1.82, 2.24) is 10.2 Å². The van der Waals surface area contributed by atoms with Crippen LogP contribution in [0, 0.1) is 0 Å². The number of carbonyl (C=O) groups is 2. The Labute approximate surface area is 179 Å². The Morgan fingerprint density at radius 2 is 1.80 bits per heavy atom. The maximum absolute atomic E-state index is 12.3. The van der Waals surface area contributed by atoms with Gasteiger partial charge in [0.2, 0.25) is 11.8 Å². The number of likely N-dealkylation sites (N-methyl/N-ethyl adjacent to an activating group) is 1. The summed E-state index contributed by atoms with van der Waals surface area (Å²) in [6.45, 7) is 4.31. The van der Waals surface area contributed by atoms with E-state index in [4.69, 9.17) is 4.74 Å². The predicted octanol–water partition coefficient (Wildman–Crippen LogP) is 2.40. The van der Waals surface area contributed by atoms with E-state index in [2.05, 4.69) is 21.6 Å². The van der Waals surface area contributed by atoms with Crippen LogP contribution in [0.15, 0.2) is 35.9 Å². The molecule has 0 aromatic heterocycles. The molecule has 7 heteroatoms. The van der Waals surface area contributed by atoms with Crippen molar-refractivity contribution >= 4 is 23.2 Å². The summed E-state index contributed by atoms with van der Waals surface area (Å²) in [5, 5.41) is 5.85. The number of allylic oxidation sites excluding steroid dienone is 1. The number of carbonyl (C=O) groups excluding carboxylic acids is 2. The number of nitrogens with zero attached hydrogens (tertiary/aromatic N) is 2. The molecule has 0 atom stereocenters. The van der Waals surface area contributed by atoms with Gasteiger partial charge in [-0.15, -0.1) is 0 Å². The van der Waals surface area contributed by atoms with E-state index in [1.807, 2.05) is 24.3 Å². The summed E-state index contributed by atoms with van der Waals surface area (Å²) in [6.07, 6.45) is 8.09. The molecule has 2 amide bonds. The summed E-state index contributed by atoms with van der Waals surface area (Å²) >= 11 is 0. The van der Waals surface area contributed by atoms with Crippen molar-refractivity contribution in [3.8, 4) is 0 Å². The highest BCUT2D eigenvalue weighted by Gasteiger charge is 2.13. The third-order valence-electron chi connectivity index (χ3n) is 5.51. The lowest BCUT2D eigenvalue weighted by Gasteiger charge is -2.28. The Balaban J connectivity index is 1.34. The highest BCUT2D eigenvalue weighted by Crippen LogP contribution is 2.20. The van der Waals surface area contributed by atoms with Gasteiger partial charge in [-0.2, -0.15) is 0 Å². The third-order valence-corrected chi connectivity index (χ3v) is 5.51. The van der Waals surface area contributed by atoms with Crippen LogP contribution in [0.1, 0.15) is 32.1 Å². The highest BCUT2D eigenvalue weighted by atomic mass is 16.5. The number of ether oxygens (including phenoxy) is 1. The van der Waals surface area contributed by atoms with Crippen LogP contribution in [-0.4, -0.2) is 69.7 Å². The number of morpholine rings is 1. The lowest BCUT2D eigenvalue weighted by molar-refractivity contribution is -0.122. The second-order valence-corrected chi connectivity index (χ2v) is 8.07. The zero-order chi connectivity index (χ0) is 21.2. The average molecular weight is 415 g/mol. The summed E-state index contributed by atoms with van der Waals surface area (Å²) in [6, 6.07) is 7.85. The molecule has 1 saturated heterocycles. The fraction of sp³-hybridized carbons (Fsp3) is 0.565. The van der Waals surface area contributed by atoms with Gasteiger partial charge in [-0.25, -0.2) is 0 Å². The molecule has 30 heavy (non-hydrogen) atoms. The van der Waals surface area contributed by atoms with Gasteiger partial charge in [0.15, 0.2) is 0 Å². The van der Waals surface area contributed by atoms with Crippen LogP contribution in [0.4, 0.5) is 11.4 Å². The highest BCUT2D eigenvalue weighted by molar-refractivity contribution is 5.92. The minimum absolute atomic E-state index is 0.0448. The SMILES string of the molecule is CN(CC(=O)NCCC1=CCCCC1)CC(=O)Nc1ccc(N2CCOCC2)cc1. The second kappa shape index (κ2) is 11.7. The molecule has 1 aliphatic heterocycles. The number of amides is 2. The molecular weight excluding hydrogens is 380 g/mol. The van der Waals surface area contributed by atoms with E-state index < -0.39 is 0 Å². The summed E-state index contributed by atoms with van der Waals surface area (Å²) in [5.41, 5.74) is 3.35. The van der Waals surface area contributed by atoms with Crippen molar-refractivity contribution in [2.24, 2.45) is 0 Å². The van der Waals surface area contributed by atoms with Crippen molar-refractivity contribution < 1.29 is 14.3 Å². The smallest absolute Gasteiger partial charge is 0.238 e. The van der Waals surface area contributed by atoms with Gasteiger partial charge < -0.3 is 20.3 Å². The van der Waals surface area contributed by atoms with E-state index in [0.717, 1.165) is 56.9 Å². The summed E-state index contributed by atoms with van der Waals surface area (Å²) in [7, 11) is 1.78. The van der Waals surface area contributed by atoms with Crippen LogP contribution >= 0.6 is 0 Å². The lowest BCUT2D eigenvalue weighted by atomic mass is 9.97. The molecule has 3 rings (SSSR count). The molecule has 1 aliphatic carbocycles. The Hall–Kier alpha value is -2.38. The van der Waals surface area contributed by atoms with Crippen molar-refractivity contribution in [3.63, 3.8) is 0 Å². The van der Waals surface area contributed by atoms with E-state index in [9.17, 15) is 9.59 Å². The number of benzene rings is 1. The van der Waals surface area contributed by atoms with Crippen LogP contribution in [0.5, 0.6) is 0 Å². The Morgan fingerprint density at radius 1 is 1.07 bits per heavy atom. The van der Waals surface area contributed by atoms with Crippen LogP contribution in [0.3, 0.4) is 0 Å². The van der Waals surface area contributed by atoms with Gasteiger partial charge in [-0.05, 0) is 63.4 Å². The average Bonchev–Trinajstić information content (AvgIpc) is 2.75. The molecule has 0 spiro atoms. The van der Waals surface area contributed by atoms with Crippen LogP contribution in [-0.2, 0) is 14.3 Å². The fourth-order valence-electron chi connectivity index (χ4n) is 3.87. The van der Waals surface area contributed by atoms with Crippen molar-refractivity contribution in [3.05, 3.63) is 35.9 Å². The standard InChI is InChI=1S/C23H34N4O3/c1-26(17-22(28)24-12-11-19-5-3-2-4-6-19)18-23(29)25-20-7-9-21(10-8-20)27-13-15-30-16-14-27/h5,7-10H,2-4,6,11-18H2,1H3,(H,24,28)(H,25,29). The number of anilines is 2. The van der Waals surface area contributed by atoms with Gasteiger partial charge in [0, 0.05) is 31.0 Å². The first-order chi connectivity index (χ1) is 14.6. The molecule has 2 N–H and O–H groups in total. The zero-order valence-electron chi connectivity index (χ0n) is 18.0. The van der Waals surface area contributed by atoms with Gasteiger partial charge in [-0.1, -0.05) is 11.6 Å². The van der Waals surface area contributed by atoms with E-state index in [1.54, 1.807) is 11.9 Å². The summed E-state index contributed by atoms with van der Waals surface area (Å²) < 4.78 is 5.38. The van der Waals surface area contributed by atoms with Gasteiger partial charge in [0.25, 0.3) is 0 Å². The summed E-state index contributed by atoms with van der Waals surface area (Å²) in [5.74, 6) is -0.173. The molecule has 1 fully saturated rings. The Bertz CT molecular complexity index is 726. The molecule has 0 unspecified atom stereocenters. The van der Waals surface area contributed by atoms with Gasteiger partial charge in [0.1, 0.15) is 0 Å². The Morgan fingerprint density at radius 3 is 2.50 bits per heavy atom. The van der Waals surface area contributed by atoms with Crippen LogP contribution < -0.4 is 15.5 Å². The minimum Gasteiger partial charge on any atom is -0.378 e. The van der Waals surface area contributed by atoms with Crippen molar-refractivity contribution in [2.75, 3.05) is 63.2 Å². The predicted molar refractivity (Wildman–Crippen MR) is 120 cm³/mol. The quantitative estimate of drug-likeness (QED) is 0.607. The second-order valence-electron chi connectivity index (χ2n) is 8.07. The molecule has 1 heterocycles. The maximum atomic E-state index is 12.3. The van der Waals surface area contributed by atoms with E-state index in [1.165, 1.54) is 18.4 Å². The van der Waals surface area contributed by atoms with Crippen LogP contribution in [0.25, 0.3) is 0 Å². The van der Waals surface area contributed by atoms with E-state index >= 15 is 0 Å². The van der Waals surface area contributed by atoms with Crippen LogP contribution in [0.2, 0.25) is 0 Å². The van der Waals surface area contributed by atoms with Crippen molar-refractivity contribution in [1.29, 1.82) is 0 Å². The summed E-state index contributed by atoms with van der Waals surface area (Å²) in [4.78, 5) is 28.4. The first kappa shape index (κ1) is 22.3. The first-order valence-electron chi connectivity index (χ1n) is 11.0. The molecule has 164 valence electrons. The maximum Gasteiger partial charge on any atom is 0.238 e. The molecular formula is C23H34N4O3. The molecule has 2 aliphatic rings. The topological polar surface area (TPSA) is 73.9 Å². The number of nitrogens with one attached hydrogen (secondary N) is 2. The lowest BCUT2D eigenvalue weighted by Crippen LogP contribution is -2.39. The number of rotatable bonds is 9. The molecule has 7 nitrogen and oxygen atoms in total. The van der Waals surface area contributed by atoms with Gasteiger partial charge in [-0.3, -0.25) is 14.5 Å². The largest absolute Gasteiger partial charge is 0.378 e. The van der Waals surface area contributed by atoms with Gasteiger partial charge in [0.05, 0.1) is 26.3 Å². The molecule has 1 aromatic rings. The number of hydrogen-bond donors (Lipinski definition) is 2. The van der Waals surface area contributed by atoms with Crippen molar-refractivity contribution in [2.45, 2.75) is 32.1 Å². The van der Waals surface area contributed by atoms with E-state index in [0.29, 0.717) is 6.54 Å². The van der Waals surface area contributed by atoms with E-state index in [-0.39, 0.29) is 24.9 Å². The zero-order valence-corrected chi connectivity index (χ0v) is 18.0. The molecule has 0 bridgehead atoms. The first-order valence-corrected chi connectivity index (χ1v) is 11.0. The third kappa shape index (κ3) is 7.46. The van der Waals surface area contributed by atoms with Gasteiger partial charge >= 0.3 is 0 Å². The minimum atomic E-state index is -0.128. The molecule has 0 saturated carbocycles. The number of hydrogen-bond acceptors (Lipinski definition) is 5. The Kier molecular flexibility index (Phi) is 8.71. The normalized spacial score (nSPS) is 16.9. The molecule has 0 radical (unpaired) electrons.